The van der Waals surface area contributed by atoms with Crippen LogP contribution in [0.5, 0.6) is 0 Å². The van der Waals surface area contributed by atoms with Gasteiger partial charge in [0.2, 0.25) is 0 Å². The Labute approximate surface area is 111 Å². The average Bonchev–Trinajstić information content (AvgIpc) is 2.96. The summed E-state index contributed by atoms with van der Waals surface area (Å²) in [6.07, 6.45) is 2.79. The van der Waals surface area contributed by atoms with Gasteiger partial charge in [-0.1, -0.05) is 18.7 Å². The van der Waals surface area contributed by atoms with Gasteiger partial charge in [-0.3, -0.25) is 0 Å². The maximum absolute atomic E-state index is 5.71. The second kappa shape index (κ2) is 6.66. The number of furan rings is 1. The average molecular weight is 266 g/mol. The highest BCUT2D eigenvalue weighted by Gasteiger charge is 2.06. The molecule has 0 amide bonds. The molecular weight excluding hydrogens is 248 g/mol. The molecule has 5 heteroatoms. The summed E-state index contributed by atoms with van der Waals surface area (Å²) in [6.45, 7) is 5.87. The van der Waals surface area contributed by atoms with E-state index in [1.54, 1.807) is 18.0 Å². The molecule has 0 radical (unpaired) electrons. The molecule has 0 fully saturated rings. The maximum atomic E-state index is 5.71. The van der Waals surface area contributed by atoms with Crippen LogP contribution in [0.1, 0.15) is 30.6 Å². The highest BCUT2D eigenvalue weighted by Crippen LogP contribution is 2.22. The first-order valence-corrected chi connectivity index (χ1v) is 7.09. The summed E-state index contributed by atoms with van der Waals surface area (Å²) in [5.41, 5.74) is 0.904. The van der Waals surface area contributed by atoms with Gasteiger partial charge in [0.15, 0.2) is 0 Å². The smallest absolute Gasteiger partial charge is 0.256 e. The topological polar surface area (TPSA) is 51.2 Å². The molecule has 0 aromatic carbocycles. The van der Waals surface area contributed by atoms with Gasteiger partial charge in [0.05, 0.1) is 18.0 Å². The molecule has 0 aliphatic carbocycles. The van der Waals surface area contributed by atoms with Crippen LogP contribution in [-0.4, -0.2) is 11.5 Å². The molecule has 0 saturated carbocycles. The van der Waals surface area contributed by atoms with Gasteiger partial charge in [-0.15, -0.1) is 0 Å². The monoisotopic (exact) mass is 266 g/mol. The first-order valence-electron chi connectivity index (χ1n) is 6.11. The summed E-state index contributed by atoms with van der Waals surface area (Å²) in [5.74, 6) is 2.67. The summed E-state index contributed by atoms with van der Waals surface area (Å²) >= 11 is 1.54. The third-order valence-electron chi connectivity index (χ3n) is 2.38. The van der Waals surface area contributed by atoms with E-state index in [4.69, 9.17) is 8.83 Å². The Bertz CT molecular complexity index is 479. The Morgan fingerprint density at radius 2 is 2.17 bits per heavy atom. The second-order valence-electron chi connectivity index (χ2n) is 4.09. The van der Waals surface area contributed by atoms with E-state index >= 15 is 0 Å². The number of nitrogens with one attached hydrogen (secondary N) is 1. The van der Waals surface area contributed by atoms with E-state index in [9.17, 15) is 0 Å². The van der Waals surface area contributed by atoms with E-state index < -0.39 is 0 Å². The number of rotatable bonds is 7. The first-order chi connectivity index (χ1) is 8.78. The number of aromatic nitrogens is 1. The third-order valence-corrected chi connectivity index (χ3v) is 3.24. The van der Waals surface area contributed by atoms with Gasteiger partial charge in [-0.25, -0.2) is 4.98 Å². The summed E-state index contributed by atoms with van der Waals surface area (Å²) in [7, 11) is 0. The second-order valence-corrected chi connectivity index (χ2v) is 5.01. The van der Waals surface area contributed by atoms with Crippen LogP contribution < -0.4 is 5.32 Å². The molecule has 18 heavy (non-hydrogen) atoms. The fraction of sp³-hybridized carbons (Fsp3) is 0.462. The highest BCUT2D eigenvalue weighted by molar-refractivity contribution is 7.98. The van der Waals surface area contributed by atoms with E-state index in [-0.39, 0.29) is 0 Å². The first kappa shape index (κ1) is 13.2. The lowest BCUT2D eigenvalue weighted by molar-refractivity contribution is 0.448. The van der Waals surface area contributed by atoms with Crippen molar-refractivity contribution in [3.8, 4) is 0 Å². The minimum atomic E-state index is 0.689. The van der Waals surface area contributed by atoms with E-state index in [0.29, 0.717) is 5.22 Å². The van der Waals surface area contributed by atoms with Crippen LogP contribution >= 0.6 is 11.8 Å². The van der Waals surface area contributed by atoms with Crippen LogP contribution in [-0.2, 0) is 12.3 Å². The van der Waals surface area contributed by atoms with Crippen LogP contribution in [0, 0.1) is 6.92 Å². The molecule has 0 spiro atoms. The SMILES string of the molecule is CCCNCc1ccc(CSc2nc(C)co2)o1. The fourth-order valence-electron chi connectivity index (χ4n) is 1.51. The molecule has 2 aromatic heterocycles. The van der Waals surface area contributed by atoms with E-state index in [1.165, 1.54) is 0 Å². The standard InChI is InChI=1S/C13H18N2O2S/c1-3-6-14-7-11-4-5-12(17-11)9-18-13-15-10(2)8-16-13/h4-5,8,14H,3,6-7,9H2,1-2H3. The molecule has 2 aromatic rings. The van der Waals surface area contributed by atoms with E-state index in [2.05, 4.69) is 17.2 Å². The predicted molar refractivity (Wildman–Crippen MR) is 71.5 cm³/mol. The van der Waals surface area contributed by atoms with Crippen molar-refractivity contribution in [3.63, 3.8) is 0 Å². The van der Waals surface area contributed by atoms with Crippen molar-refractivity contribution in [1.29, 1.82) is 0 Å². The van der Waals surface area contributed by atoms with E-state index in [1.807, 2.05) is 19.1 Å². The minimum absolute atomic E-state index is 0.689. The van der Waals surface area contributed by atoms with Crippen LogP contribution in [0.2, 0.25) is 0 Å². The maximum Gasteiger partial charge on any atom is 0.256 e. The number of hydrogen-bond donors (Lipinski definition) is 1. The van der Waals surface area contributed by atoms with Crippen molar-refractivity contribution in [1.82, 2.24) is 10.3 Å². The van der Waals surface area contributed by atoms with Crippen molar-refractivity contribution in [3.05, 3.63) is 35.6 Å². The number of nitrogens with zero attached hydrogens (tertiary/aromatic N) is 1. The fourth-order valence-corrected chi connectivity index (χ4v) is 2.26. The quantitative estimate of drug-likeness (QED) is 0.615. The normalized spacial score (nSPS) is 11.0. The van der Waals surface area contributed by atoms with Crippen molar-refractivity contribution in [2.45, 2.75) is 37.8 Å². The molecule has 1 N–H and O–H groups in total. The Morgan fingerprint density at radius 3 is 2.89 bits per heavy atom. The number of thioether (sulfide) groups is 1. The molecule has 0 saturated heterocycles. The molecule has 0 aliphatic heterocycles. The summed E-state index contributed by atoms with van der Waals surface area (Å²) in [6, 6.07) is 4.02. The predicted octanol–water partition coefficient (Wildman–Crippen LogP) is 3.37. The molecule has 2 rings (SSSR count). The van der Waals surface area contributed by atoms with Crippen LogP contribution in [0.4, 0.5) is 0 Å². The largest absolute Gasteiger partial charge is 0.464 e. The molecule has 0 atom stereocenters. The number of oxazole rings is 1. The van der Waals surface area contributed by atoms with Crippen LogP contribution in [0.25, 0.3) is 0 Å². The molecule has 2 heterocycles. The molecule has 0 aliphatic rings. The van der Waals surface area contributed by atoms with Crippen molar-refractivity contribution in [2.24, 2.45) is 0 Å². The van der Waals surface area contributed by atoms with Crippen molar-refractivity contribution < 1.29 is 8.83 Å². The molecule has 4 nitrogen and oxygen atoms in total. The van der Waals surface area contributed by atoms with E-state index in [0.717, 1.165) is 42.5 Å². The lowest BCUT2D eigenvalue weighted by atomic mass is 10.4. The molecule has 0 unspecified atom stereocenters. The lowest BCUT2D eigenvalue weighted by Crippen LogP contribution is -2.12. The van der Waals surface area contributed by atoms with Gasteiger partial charge in [-0.2, -0.15) is 0 Å². The summed E-state index contributed by atoms with van der Waals surface area (Å²) in [4.78, 5) is 4.24. The lowest BCUT2D eigenvalue weighted by Gasteiger charge is -1.99. The van der Waals surface area contributed by atoms with Gasteiger partial charge in [0, 0.05) is 0 Å². The molecule has 98 valence electrons. The molecular formula is C13H18N2O2S. The number of hydrogen-bond acceptors (Lipinski definition) is 5. The zero-order chi connectivity index (χ0) is 12.8. The Balaban J connectivity index is 1.79. The van der Waals surface area contributed by atoms with Crippen LogP contribution in [0.15, 0.2) is 32.5 Å². The Hall–Kier alpha value is -1.20. The van der Waals surface area contributed by atoms with Gasteiger partial charge in [0.25, 0.3) is 5.22 Å². The Morgan fingerprint density at radius 1 is 1.33 bits per heavy atom. The van der Waals surface area contributed by atoms with Crippen molar-refractivity contribution in [2.75, 3.05) is 6.54 Å². The van der Waals surface area contributed by atoms with Crippen LogP contribution in [0.3, 0.4) is 0 Å². The summed E-state index contributed by atoms with van der Waals surface area (Å²) in [5, 5.41) is 4.00. The van der Waals surface area contributed by atoms with Gasteiger partial charge < -0.3 is 14.2 Å². The minimum Gasteiger partial charge on any atom is -0.464 e. The zero-order valence-electron chi connectivity index (χ0n) is 10.7. The summed E-state index contributed by atoms with van der Waals surface area (Å²) < 4.78 is 11.0. The van der Waals surface area contributed by atoms with Gasteiger partial charge in [0.1, 0.15) is 17.8 Å². The third kappa shape index (κ3) is 3.92. The highest BCUT2D eigenvalue weighted by atomic mass is 32.2. The van der Waals surface area contributed by atoms with Gasteiger partial charge >= 0.3 is 0 Å². The zero-order valence-corrected chi connectivity index (χ0v) is 11.5. The van der Waals surface area contributed by atoms with Crippen molar-refractivity contribution >= 4 is 11.8 Å². The Kier molecular flexibility index (Phi) is 4.90. The number of aryl methyl sites for hydroxylation is 1. The van der Waals surface area contributed by atoms with Gasteiger partial charge in [-0.05, 0) is 32.0 Å². The molecule has 0 bridgehead atoms.